The van der Waals surface area contributed by atoms with Crippen LogP contribution in [0.2, 0.25) is 76.6 Å². The lowest BCUT2D eigenvalue weighted by atomic mass is 9.88. The first-order valence-corrected chi connectivity index (χ1v) is 38.6. The molecule has 11 atom stereocenters. The minimum atomic E-state index is -3.81. The lowest BCUT2D eigenvalue weighted by Gasteiger charge is -2.49. The van der Waals surface area contributed by atoms with Crippen molar-refractivity contribution in [1.82, 2.24) is 0 Å². The predicted octanol–water partition coefficient (Wildman–Crippen LogP) is 9.45. The van der Waals surface area contributed by atoms with Crippen molar-refractivity contribution >= 4 is 61.3 Å². The number of rotatable bonds is 19. The monoisotopic (exact) mass is 884 g/mol. The molecule has 2 aromatic carbocycles. The van der Waals surface area contributed by atoms with Crippen LogP contribution in [0.5, 0.6) is 0 Å². The molecular formula is C43H72O8Si6. The molecule has 2 aromatic rings. The molecule has 3 heterocycles. The second-order valence-corrected chi connectivity index (χ2v) is 44.9. The van der Waals surface area contributed by atoms with Crippen LogP contribution < -0.4 is 10.4 Å². The van der Waals surface area contributed by atoms with Crippen molar-refractivity contribution in [3.05, 3.63) is 60.7 Å². The van der Waals surface area contributed by atoms with Crippen LogP contribution in [0.1, 0.15) is 70.6 Å². The summed E-state index contributed by atoms with van der Waals surface area (Å²) in [6, 6.07) is 23.6. The summed E-state index contributed by atoms with van der Waals surface area (Å²) < 4.78 is 57.7. The number of fused-ring (bicyclic) bond motifs is 3. The molecule has 11 unspecified atom stereocenters. The first-order valence-electron chi connectivity index (χ1n) is 22.5. The van der Waals surface area contributed by atoms with E-state index in [1.165, 1.54) is 38.5 Å². The zero-order valence-electron chi connectivity index (χ0n) is 36.4. The number of ether oxygens (including phenoxy) is 3. The van der Waals surface area contributed by atoms with Gasteiger partial charge in [0, 0.05) is 10.4 Å². The van der Waals surface area contributed by atoms with Crippen LogP contribution in [0.15, 0.2) is 60.7 Å². The number of epoxide rings is 3. The molecule has 3 aliphatic heterocycles. The molecule has 6 fully saturated rings. The molecule has 6 aliphatic rings. The van der Waals surface area contributed by atoms with Gasteiger partial charge >= 0.3 is 17.6 Å². The summed E-state index contributed by atoms with van der Waals surface area (Å²) in [5, 5.41) is 2.05. The SMILES string of the molecule is C[Si](C)(C)O[Si](O[Si](C)(C)CCC1CCC2OC2C1)(O[Si](O[Si](C)(C)CCC1CCC2OC2C1)(O[Si](C)(C)C1CCC2OC2C1)c1ccccc1)c1ccccc1. The number of benzene rings is 2. The van der Waals surface area contributed by atoms with Crippen molar-refractivity contribution in [3.63, 3.8) is 0 Å². The van der Waals surface area contributed by atoms with Crippen LogP contribution in [-0.4, -0.2) is 87.5 Å². The van der Waals surface area contributed by atoms with Crippen molar-refractivity contribution in [3.8, 4) is 0 Å². The molecule has 0 bridgehead atoms. The molecule has 0 N–H and O–H groups in total. The van der Waals surface area contributed by atoms with E-state index in [1.807, 2.05) is 0 Å². The average molecular weight is 886 g/mol. The van der Waals surface area contributed by atoms with Crippen LogP contribution in [0.25, 0.3) is 0 Å². The molecule has 3 saturated carbocycles. The molecule has 3 aliphatic carbocycles. The zero-order valence-corrected chi connectivity index (χ0v) is 42.4. The zero-order chi connectivity index (χ0) is 40.3. The minimum absolute atomic E-state index is 0.370. The van der Waals surface area contributed by atoms with E-state index >= 15 is 0 Å². The molecule has 3 saturated heterocycles. The summed E-state index contributed by atoms with van der Waals surface area (Å²) in [5.74, 6) is 1.37. The highest BCUT2D eigenvalue weighted by Crippen LogP contribution is 2.48. The highest BCUT2D eigenvalue weighted by atomic mass is 28.5. The maximum Gasteiger partial charge on any atom is 0.509 e. The first kappa shape index (κ1) is 43.1. The summed E-state index contributed by atoms with van der Waals surface area (Å²) in [4.78, 5) is 0. The third-order valence-corrected chi connectivity index (χ3v) is 36.7. The molecule has 57 heavy (non-hydrogen) atoms. The Balaban J connectivity index is 1.19. The van der Waals surface area contributed by atoms with E-state index in [-0.39, 0.29) is 0 Å². The lowest BCUT2D eigenvalue weighted by molar-refractivity contribution is 0.192. The van der Waals surface area contributed by atoms with Crippen molar-refractivity contribution < 1.29 is 34.8 Å². The van der Waals surface area contributed by atoms with Crippen LogP contribution in [0, 0.1) is 11.8 Å². The highest BCUT2D eigenvalue weighted by molar-refractivity contribution is 7.00. The van der Waals surface area contributed by atoms with E-state index in [1.54, 1.807) is 0 Å². The standard InChI is InChI=1S/C43H72O8Si6/c1-52(2,3)47-56(35-16-12-10-13-17-35,48-53(4,5)28-26-33-20-23-38-41(30-33)44-38)51-57(36-18-14-11-15-19-36,50-55(8,9)37-22-25-40-43(32-37)46-40)49-54(6,7)29-27-34-21-24-39-42(31-34)45-39/h10-19,33-34,37-43H,20-32H2,1-9H3. The van der Waals surface area contributed by atoms with Gasteiger partial charge in [-0.05, 0) is 146 Å². The third-order valence-electron chi connectivity index (χ3n) is 13.7. The quantitative estimate of drug-likeness (QED) is 0.102. The van der Waals surface area contributed by atoms with Gasteiger partial charge in [0.15, 0.2) is 33.3 Å². The second-order valence-electron chi connectivity index (χ2n) is 21.2. The van der Waals surface area contributed by atoms with Crippen LogP contribution in [-0.2, 0) is 34.8 Å². The molecule has 0 aromatic heterocycles. The fourth-order valence-corrected chi connectivity index (χ4v) is 36.1. The lowest BCUT2D eigenvalue weighted by Crippen LogP contribution is -2.75. The molecule has 316 valence electrons. The van der Waals surface area contributed by atoms with E-state index in [2.05, 4.69) is 120 Å². The molecule has 0 spiro atoms. The molecule has 8 rings (SSSR count). The van der Waals surface area contributed by atoms with Gasteiger partial charge in [0.1, 0.15) is 0 Å². The molecule has 14 heteroatoms. The van der Waals surface area contributed by atoms with Gasteiger partial charge in [0.05, 0.1) is 36.6 Å². The number of hydrogen-bond acceptors (Lipinski definition) is 8. The maximum atomic E-state index is 8.20. The van der Waals surface area contributed by atoms with E-state index in [9.17, 15) is 0 Å². The normalized spacial score (nSPS) is 33.2. The summed E-state index contributed by atoms with van der Waals surface area (Å²) in [6.45, 7) is 21.3. The summed E-state index contributed by atoms with van der Waals surface area (Å²) >= 11 is 0. The van der Waals surface area contributed by atoms with Gasteiger partial charge in [-0.25, -0.2) is 0 Å². The third kappa shape index (κ3) is 10.9. The van der Waals surface area contributed by atoms with Crippen molar-refractivity contribution in [2.45, 2.75) is 184 Å². The van der Waals surface area contributed by atoms with Crippen LogP contribution >= 0.6 is 0 Å². The summed E-state index contributed by atoms with van der Waals surface area (Å²) in [5.41, 5.74) is 0.450. The van der Waals surface area contributed by atoms with Gasteiger partial charge in [-0.1, -0.05) is 73.5 Å². The van der Waals surface area contributed by atoms with Gasteiger partial charge in [0.2, 0.25) is 0 Å². The van der Waals surface area contributed by atoms with Crippen LogP contribution in [0.3, 0.4) is 0 Å². The van der Waals surface area contributed by atoms with Gasteiger partial charge < -0.3 is 34.8 Å². The maximum absolute atomic E-state index is 8.20. The van der Waals surface area contributed by atoms with Crippen LogP contribution in [0.4, 0.5) is 0 Å². The van der Waals surface area contributed by atoms with E-state index in [0.29, 0.717) is 54.0 Å². The van der Waals surface area contributed by atoms with Crippen molar-refractivity contribution in [1.29, 1.82) is 0 Å². The van der Waals surface area contributed by atoms with Gasteiger partial charge in [-0.2, -0.15) is 0 Å². The Bertz CT molecular complexity index is 1660. The molecule has 0 radical (unpaired) electrons. The van der Waals surface area contributed by atoms with E-state index < -0.39 is 50.9 Å². The Labute approximate surface area is 350 Å². The molecule has 0 amide bonds. The fraction of sp³-hybridized carbons (Fsp3) is 0.721. The highest BCUT2D eigenvalue weighted by Gasteiger charge is 2.63. The first-order chi connectivity index (χ1) is 26.9. The minimum Gasteiger partial charge on any atom is -0.413 e. The fourth-order valence-electron chi connectivity index (χ4n) is 10.2. The Morgan fingerprint density at radius 1 is 0.456 bits per heavy atom. The second kappa shape index (κ2) is 16.6. The van der Waals surface area contributed by atoms with E-state index in [4.69, 9.17) is 34.8 Å². The number of hydrogen-bond donors (Lipinski definition) is 0. The summed E-state index contributed by atoms with van der Waals surface area (Å²) in [7, 11) is -17.2. The van der Waals surface area contributed by atoms with Crippen molar-refractivity contribution in [2.24, 2.45) is 11.8 Å². The van der Waals surface area contributed by atoms with Gasteiger partial charge in [-0.3, -0.25) is 0 Å². The largest absolute Gasteiger partial charge is 0.509 e. The van der Waals surface area contributed by atoms with Gasteiger partial charge in [0.25, 0.3) is 0 Å². The Kier molecular flexibility index (Phi) is 12.6. The predicted molar refractivity (Wildman–Crippen MR) is 242 cm³/mol. The molecule has 8 nitrogen and oxygen atoms in total. The smallest absolute Gasteiger partial charge is 0.413 e. The average Bonchev–Trinajstić information content (AvgIpc) is 4.05. The van der Waals surface area contributed by atoms with Gasteiger partial charge in [-0.15, -0.1) is 0 Å². The summed E-state index contributed by atoms with van der Waals surface area (Å²) in [6.07, 6.45) is 15.7. The Morgan fingerprint density at radius 3 is 1.30 bits per heavy atom. The molecular weight excluding hydrogens is 813 g/mol. The Hall–Kier alpha value is -0.579. The Morgan fingerprint density at radius 2 is 0.877 bits per heavy atom. The van der Waals surface area contributed by atoms with E-state index in [0.717, 1.165) is 54.6 Å². The topological polar surface area (TPSA) is 83.7 Å². The van der Waals surface area contributed by atoms with Crippen molar-refractivity contribution in [2.75, 3.05) is 0 Å².